The van der Waals surface area contributed by atoms with E-state index in [-0.39, 0.29) is 16.9 Å². The molecule has 0 saturated carbocycles. The SMILES string of the molecule is COc1cccc(-n2nc3c(c2N)c(=O)[nH]c2cc([N+](=O)[O-])ccc23)c1. The number of nitrogens with one attached hydrogen (secondary N) is 1. The minimum Gasteiger partial charge on any atom is -0.497 e. The highest BCUT2D eigenvalue weighted by Gasteiger charge is 2.18. The zero-order chi connectivity index (χ0) is 18.4. The Hall–Kier alpha value is -3.88. The number of anilines is 1. The number of methoxy groups -OCH3 is 1. The lowest BCUT2D eigenvalue weighted by Crippen LogP contribution is -2.08. The molecule has 0 unspecified atom stereocenters. The molecule has 3 N–H and O–H groups in total. The Labute approximate surface area is 145 Å². The lowest BCUT2D eigenvalue weighted by atomic mass is 10.1. The van der Waals surface area contributed by atoms with Crippen molar-refractivity contribution in [3.8, 4) is 11.4 Å². The van der Waals surface area contributed by atoms with Gasteiger partial charge in [-0.2, -0.15) is 5.10 Å². The number of aromatic nitrogens is 3. The van der Waals surface area contributed by atoms with Gasteiger partial charge in [0.2, 0.25) is 0 Å². The van der Waals surface area contributed by atoms with E-state index in [1.54, 1.807) is 37.4 Å². The van der Waals surface area contributed by atoms with Gasteiger partial charge in [0.1, 0.15) is 22.5 Å². The number of hydrogen-bond donors (Lipinski definition) is 2. The Kier molecular flexibility index (Phi) is 3.36. The molecule has 0 aliphatic carbocycles. The second-order valence-electron chi connectivity index (χ2n) is 5.66. The highest BCUT2D eigenvalue weighted by molar-refractivity contribution is 6.07. The average Bonchev–Trinajstić information content (AvgIpc) is 2.99. The molecule has 26 heavy (non-hydrogen) atoms. The summed E-state index contributed by atoms with van der Waals surface area (Å²) in [7, 11) is 1.55. The number of non-ortho nitro benzene ring substituents is 1. The van der Waals surface area contributed by atoms with E-state index < -0.39 is 10.5 Å². The molecule has 130 valence electrons. The van der Waals surface area contributed by atoms with Crippen molar-refractivity contribution in [1.29, 1.82) is 0 Å². The number of nitrogens with two attached hydrogens (primary N) is 1. The first-order valence-corrected chi connectivity index (χ1v) is 7.62. The van der Waals surface area contributed by atoms with Crippen molar-refractivity contribution in [2.45, 2.75) is 0 Å². The minimum absolute atomic E-state index is 0.118. The van der Waals surface area contributed by atoms with E-state index in [1.807, 2.05) is 0 Å². The molecule has 0 aliphatic rings. The Balaban J connectivity index is 2.04. The van der Waals surface area contributed by atoms with Gasteiger partial charge in [-0.3, -0.25) is 14.9 Å². The molecule has 9 nitrogen and oxygen atoms in total. The quantitative estimate of drug-likeness (QED) is 0.430. The first-order chi connectivity index (χ1) is 12.5. The Morgan fingerprint density at radius 2 is 2.08 bits per heavy atom. The number of nitrogen functional groups attached to an aromatic ring is 1. The molecular weight excluding hydrogens is 338 g/mol. The predicted octanol–water partition coefficient (Wildman–Crippen LogP) is 2.37. The number of nitrogens with zero attached hydrogens (tertiary/aromatic N) is 3. The number of rotatable bonds is 3. The number of pyridine rings is 1. The van der Waals surface area contributed by atoms with Gasteiger partial charge in [-0.15, -0.1) is 0 Å². The fraction of sp³-hybridized carbons (Fsp3) is 0.0588. The van der Waals surface area contributed by atoms with Crippen LogP contribution in [0, 0.1) is 10.1 Å². The number of aromatic amines is 1. The lowest BCUT2D eigenvalue weighted by Gasteiger charge is -2.05. The topological polar surface area (TPSA) is 129 Å². The van der Waals surface area contributed by atoms with Crippen molar-refractivity contribution < 1.29 is 9.66 Å². The van der Waals surface area contributed by atoms with Crippen LogP contribution in [0.5, 0.6) is 5.75 Å². The fourth-order valence-electron chi connectivity index (χ4n) is 2.92. The molecule has 0 aliphatic heterocycles. The van der Waals surface area contributed by atoms with Crippen molar-refractivity contribution in [2.75, 3.05) is 12.8 Å². The minimum atomic E-state index is -0.523. The van der Waals surface area contributed by atoms with Crippen molar-refractivity contribution in [1.82, 2.24) is 14.8 Å². The average molecular weight is 351 g/mol. The van der Waals surface area contributed by atoms with Crippen LogP contribution in [-0.2, 0) is 0 Å². The molecule has 0 saturated heterocycles. The Morgan fingerprint density at radius 3 is 2.81 bits per heavy atom. The van der Waals surface area contributed by atoms with E-state index in [0.717, 1.165) is 0 Å². The first-order valence-electron chi connectivity index (χ1n) is 7.62. The van der Waals surface area contributed by atoms with Crippen molar-refractivity contribution >= 4 is 33.3 Å². The number of fused-ring (bicyclic) bond motifs is 3. The van der Waals surface area contributed by atoms with Crippen molar-refractivity contribution in [2.24, 2.45) is 0 Å². The first kappa shape index (κ1) is 15.6. The Morgan fingerprint density at radius 1 is 1.27 bits per heavy atom. The molecule has 0 spiro atoms. The molecule has 2 aromatic carbocycles. The normalized spacial score (nSPS) is 11.1. The Bertz CT molecular complexity index is 1240. The van der Waals surface area contributed by atoms with Crippen molar-refractivity contribution in [3.63, 3.8) is 0 Å². The number of benzene rings is 2. The molecule has 0 radical (unpaired) electrons. The number of nitro benzene ring substituents is 1. The van der Waals surface area contributed by atoms with Gasteiger partial charge in [-0.1, -0.05) is 6.07 Å². The maximum Gasteiger partial charge on any atom is 0.271 e. The van der Waals surface area contributed by atoms with Crippen LogP contribution in [-0.4, -0.2) is 26.8 Å². The highest BCUT2D eigenvalue weighted by Crippen LogP contribution is 2.29. The van der Waals surface area contributed by atoms with Crippen LogP contribution in [0.15, 0.2) is 47.3 Å². The number of nitro groups is 1. The zero-order valence-electron chi connectivity index (χ0n) is 13.6. The molecule has 0 amide bonds. The van der Waals surface area contributed by atoms with Gasteiger partial charge in [0.25, 0.3) is 11.2 Å². The van der Waals surface area contributed by atoms with Crippen LogP contribution in [0.1, 0.15) is 0 Å². The summed E-state index contributed by atoms with van der Waals surface area (Å²) in [5.41, 5.74) is 6.92. The summed E-state index contributed by atoms with van der Waals surface area (Å²) >= 11 is 0. The monoisotopic (exact) mass is 351 g/mol. The summed E-state index contributed by atoms with van der Waals surface area (Å²) in [5.74, 6) is 0.797. The number of H-pyrrole nitrogens is 1. The lowest BCUT2D eigenvalue weighted by molar-refractivity contribution is -0.384. The second kappa shape index (κ2) is 5.59. The van der Waals surface area contributed by atoms with Crippen LogP contribution in [0.25, 0.3) is 27.5 Å². The van der Waals surface area contributed by atoms with E-state index in [0.29, 0.717) is 27.9 Å². The third-order valence-electron chi connectivity index (χ3n) is 4.16. The maximum atomic E-state index is 12.5. The molecule has 2 aromatic heterocycles. The van der Waals surface area contributed by atoms with Gasteiger partial charge in [-0.05, 0) is 18.2 Å². The van der Waals surface area contributed by atoms with Gasteiger partial charge in [0.05, 0.1) is 23.2 Å². The number of ether oxygens (including phenoxy) is 1. The van der Waals surface area contributed by atoms with Gasteiger partial charge >= 0.3 is 0 Å². The van der Waals surface area contributed by atoms with Gasteiger partial charge < -0.3 is 15.5 Å². The molecule has 0 atom stereocenters. The van der Waals surface area contributed by atoms with E-state index >= 15 is 0 Å². The summed E-state index contributed by atoms with van der Waals surface area (Å²) in [5, 5.41) is 16.2. The highest BCUT2D eigenvalue weighted by atomic mass is 16.6. The second-order valence-corrected chi connectivity index (χ2v) is 5.66. The summed E-state index contributed by atoms with van der Waals surface area (Å²) in [6.45, 7) is 0. The van der Waals surface area contributed by atoms with E-state index in [1.165, 1.54) is 16.8 Å². The summed E-state index contributed by atoms with van der Waals surface area (Å²) in [6, 6.07) is 11.3. The smallest absolute Gasteiger partial charge is 0.271 e. The van der Waals surface area contributed by atoms with Gasteiger partial charge in [0, 0.05) is 23.6 Å². The van der Waals surface area contributed by atoms with Crippen LogP contribution < -0.4 is 16.0 Å². The zero-order valence-corrected chi connectivity index (χ0v) is 13.6. The van der Waals surface area contributed by atoms with Crippen LogP contribution in [0.3, 0.4) is 0 Å². The largest absolute Gasteiger partial charge is 0.497 e. The van der Waals surface area contributed by atoms with Crippen LogP contribution >= 0.6 is 0 Å². The van der Waals surface area contributed by atoms with Crippen LogP contribution in [0.4, 0.5) is 11.5 Å². The standard InChI is InChI=1S/C17H13N5O4/c1-26-11-4-2-3-9(7-11)21-16(18)14-15(20-21)12-6-5-10(22(24)25)8-13(12)19-17(14)23/h2-8H,18H2,1H3,(H,19,23). The fourth-order valence-corrected chi connectivity index (χ4v) is 2.92. The van der Waals surface area contributed by atoms with Crippen LogP contribution in [0.2, 0.25) is 0 Å². The molecule has 4 rings (SSSR count). The third kappa shape index (κ3) is 2.25. The van der Waals surface area contributed by atoms with E-state index in [9.17, 15) is 14.9 Å². The van der Waals surface area contributed by atoms with Gasteiger partial charge in [0.15, 0.2) is 0 Å². The molecule has 2 heterocycles. The molecule has 9 heteroatoms. The van der Waals surface area contributed by atoms with Crippen molar-refractivity contribution in [3.05, 3.63) is 62.9 Å². The number of hydrogen-bond acceptors (Lipinski definition) is 6. The predicted molar refractivity (Wildman–Crippen MR) is 96.8 cm³/mol. The van der Waals surface area contributed by atoms with E-state index in [4.69, 9.17) is 10.5 Å². The third-order valence-corrected chi connectivity index (χ3v) is 4.16. The molecular formula is C17H13N5O4. The maximum absolute atomic E-state index is 12.5. The van der Waals surface area contributed by atoms with Gasteiger partial charge in [-0.25, -0.2) is 4.68 Å². The summed E-state index contributed by atoms with van der Waals surface area (Å²) in [6.07, 6.45) is 0. The molecule has 0 fully saturated rings. The molecule has 4 aromatic rings. The summed E-state index contributed by atoms with van der Waals surface area (Å²) < 4.78 is 6.65. The van der Waals surface area contributed by atoms with E-state index in [2.05, 4.69) is 10.1 Å². The summed E-state index contributed by atoms with van der Waals surface area (Å²) in [4.78, 5) is 25.6. The molecule has 0 bridgehead atoms.